The number of benzene rings is 4. The van der Waals surface area contributed by atoms with Gasteiger partial charge in [-0.3, -0.25) is 9.52 Å². The number of aromatic nitrogens is 2. The summed E-state index contributed by atoms with van der Waals surface area (Å²) in [5, 5.41) is 3.17. The molecule has 0 aliphatic rings. The molecule has 2 N–H and O–H groups in total. The van der Waals surface area contributed by atoms with Gasteiger partial charge in [-0.15, -0.1) is 0 Å². The van der Waals surface area contributed by atoms with E-state index in [1.807, 2.05) is 56.3 Å². The first-order valence-electron chi connectivity index (χ1n) is 14.2. The minimum absolute atomic E-state index is 0.0350. The van der Waals surface area contributed by atoms with E-state index in [1.54, 1.807) is 56.7 Å². The lowest BCUT2D eigenvalue weighted by Gasteiger charge is -2.16. The van der Waals surface area contributed by atoms with Gasteiger partial charge in [-0.05, 0) is 54.7 Å². The molecule has 226 valence electrons. The van der Waals surface area contributed by atoms with Gasteiger partial charge in [0.1, 0.15) is 11.5 Å². The van der Waals surface area contributed by atoms with E-state index in [0.717, 1.165) is 11.1 Å². The fourth-order valence-electron chi connectivity index (χ4n) is 4.88. The first kappa shape index (κ1) is 30.5. The molecule has 9 nitrogen and oxygen atoms in total. The van der Waals surface area contributed by atoms with Crippen molar-refractivity contribution in [3.05, 3.63) is 108 Å². The summed E-state index contributed by atoms with van der Waals surface area (Å²) in [6.07, 6.45) is 0.941. The van der Waals surface area contributed by atoms with E-state index in [9.17, 15) is 13.2 Å². The highest BCUT2D eigenvalue weighted by atomic mass is 32.2. The number of nitrogens with one attached hydrogen (secondary N) is 2. The molecule has 1 heterocycles. The molecule has 0 aliphatic heterocycles. The molecule has 5 rings (SSSR count). The molecular weight excluding hydrogens is 576 g/mol. The van der Waals surface area contributed by atoms with Crippen LogP contribution >= 0.6 is 0 Å². The Morgan fingerprint density at radius 3 is 2.11 bits per heavy atom. The van der Waals surface area contributed by atoms with Crippen LogP contribution in [0, 0.1) is 6.92 Å². The lowest BCUT2D eigenvalue weighted by molar-refractivity contribution is 0.0977. The molecule has 1 atom stereocenters. The van der Waals surface area contributed by atoms with Gasteiger partial charge in [0.25, 0.3) is 10.0 Å². The number of aryl methyl sites for hydroxylation is 1. The number of rotatable bonds is 12. The van der Waals surface area contributed by atoms with Crippen LogP contribution in [0.3, 0.4) is 0 Å². The molecule has 0 radical (unpaired) electrons. The summed E-state index contributed by atoms with van der Waals surface area (Å²) >= 11 is 0. The van der Waals surface area contributed by atoms with E-state index < -0.39 is 10.0 Å². The van der Waals surface area contributed by atoms with Gasteiger partial charge < -0.3 is 14.8 Å². The Morgan fingerprint density at radius 1 is 0.818 bits per heavy atom. The predicted molar refractivity (Wildman–Crippen MR) is 173 cm³/mol. The van der Waals surface area contributed by atoms with Crippen LogP contribution in [0.5, 0.6) is 11.5 Å². The zero-order valence-electron chi connectivity index (χ0n) is 25.0. The molecule has 0 spiro atoms. The van der Waals surface area contributed by atoms with Gasteiger partial charge in [-0.25, -0.2) is 18.4 Å². The number of anilines is 3. The smallest absolute Gasteiger partial charge is 0.263 e. The lowest BCUT2D eigenvalue weighted by atomic mass is 9.93. The van der Waals surface area contributed by atoms with E-state index in [0.29, 0.717) is 46.6 Å². The average Bonchev–Trinajstić information content (AvgIpc) is 3.03. The van der Waals surface area contributed by atoms with Crippen LogP contribution in [-0.2, 0) is 10.0 Å². The monoisotopic (exact) mass is 610 g/mol. The van der Waals surface area contributed by atoms with E-state index in [4.69, 9.17) is 9.47 Å². The number of hydrogen-bond acceptors (Lipinski definition) is 8. The zero-order chi connectivity index (χ0) is 31.3. The number of carbonyl (C=O) groups excluding carboxylic acids is 1. The minimum atomic E-state index is -4.07. The lowest BCUT2D eigenvalue weighted by Crippen LogP contribution is -2.16. The fraction of sp³-hybridized carbons (Fsp3) is 0.206. The minimum Gasteiger partial charge on any atom is -0.497 e. The third-order valence-electron chi connectivity index (χ3n) is 7.40. The van der Waals surface area contributed by atoms with Crippen molar-refractivity contribution >= 4 is 44.2 Å². The maximum absolute atomic E-state index is 13.7. The largest absolute Gasteiger partial charge is 0.497 e. The van der Waals surface area contributed by atoms with Crippen molar-refractivity contribution in [3.8, 4) is 11.5 Å². The maximum atomic E-state index is 13.7. The summed E-state index contributed by atoms with van der Waals surface area (Å²) in [5.74, 6) is 1.38. The molecule has 4 aromatic carbocycles. The van der Waals surface area contributed by atoms with Gasteiger partial charge in [0.05, 0.1) is 30.1 Å². The summed E-state index contributed by atoms with van der Waals surface area (Å²) in [5.41, 5.74) is 4.16. The summed E-state index contributed by atoms with van der Waals surface area (Å²) in [4.78, 5) is 22.2. The Bertz CT molecular complexity index is 1900. The number of sulfonamides is 1. The molecule has 1 aromatic heterocycles. The summed E-state index contributed by atoms with van der Waals surface area (Å²) in [6.45, 7) is 3.91. The van der Waals surface area contributed by atoms with Gasteiger partial charge in [0, 0.05) is 35.9 Å². The third-order valence-corrected chi connectivity index (χ3v) is 8.74. The first-order valence-corrected chi connectivity index (χ1v) is 15.6. The molecule has 10 heteroatoms. The number of fused-ring (bicyclic) bond motifs is 1. The van der Waals surface area contributed by atoms with Crippen molar-refractivity contribution in [2.75, 3.05) is 24.3 Å². The van der Waals surface area contributed by atoms with E-state index in [1.165, 1.54) is 6.07 Å². The van der Waals surface area contributed by atoms with E-state index >= 15 is 0 Å². The Morgan fingerprint density at radius 2 is 1.45 bits per heavy atom. The molecule has 0 fully saturated rings. The highest BCUT2D eigenvalue weighted by molar-refractivity contribution is 7.92. The van der Waals surface area contributed by atoms with Crippen molar-refractivity contribution in [2.24, 2.45) is 0 Å². The Kier molecular flexibility index (Phi) is 9.10. The molecule has 1 unspecified atom stereocenters. The average molecular weight is 611 g/mol. The number of methoxy groups -OCH3 is 2. The fourth-order valence-corrected chi connectivity index (χ4v) is 5.95. The Balaban J connectivity index is 1.40. The number of ether oxygens (including phenoxy) is 2. The van der Waals surface area contributed by atoms with E-state index in [-0.39, 0.29) is 28.2 Å². The summed E-state index contributed by atoms with van der Waals surface area (Å²) in [7, 11) is -0.974. The standard InChI is InChI=1S/C34H34N4O5S/c1-22(16-17-32(39)29-13-6-5-10-23(29)2)24-11-9-12-28(18-24)44(40,41)38-34-33(36-30-14-7-8-15-31(30)37-34)35-25-19-26(42-3)21-27(20-25)43-4/h5-15,18-22H,16-17H2,1-4H3,(H,35,36)(H,37,38). The predicted octanol–water partition coefficient (Wildman–Crippen LogP) is 7.27. The second kappa shape index (κ2) is 13.1. The van der Waals surface area contributed by atoms with Crippen LogP contribution in [0.2, 0.25) is 0 Å². The SMILES string of the molecule is COc1cc(Nc2nc3ccccc3nc2NS(=O)(=O)c2cccc(C(C)CCC(=O)c3ccccc3C)c2)cc(OC)c1. The van der Waals surface area contributed by atoms with Crippen molar-refractivity contribution in [2.45, 2.75) is 37.5 Å². The topological polar surface area (TPSA) is 120 Å². The van der Waals surface area contributed by atoms with Gasteiger partial charge in [-0.1, -0.05) is 55.5 Å². The summed E-state index contributed by atoms with van der Waals surface area (Å²) < 4.78 is 40.8. The second-order valence-electron chi connectivity index (χ2n) is 10.5. The Hall–Kier alpha value is -4.96. The molecule has 0 aliphatic carbocycles. The highest BCUT2D eigenvalue weighted by Gasteiger charge is 2.21. The van der Waals surface area contributed by atoms with Gasteiger partial charge in [0.2, 0.25) is 0 Å². The molecule has 0 amide bonds. The second-order valence-corrected chi connectivity index (χ2v) is 12.2. The zero-order valence-corrected chi connectivity index (χ0v) is 25.8. The van der Waals surface area contributed by atoms with Gasteiger partial charge in [-0.2, -0.15) is 0 Å². The van der Waals surface area contributed by atoms with Crippen molar-refractivity contribution in [3.63, 3.8) is 0 Å². The number of Topliss-reactive ketones (excluding diaryl/α,β-unsaturated/α-hetero) is 1. The Labute approximate surface area is 257 Å². The van der Waals surface area contributed by atoms with Gasteiger partial charge in [0.15, 0.2) is 17.4 Å². The molecule has 0 bridgehead atoms. The maximum Gasteiger partial charge on any atom is 0.263 e. The van der Waals surface area contributed by atoms with E-state index in [2.05, 4.69) is 20.0 Å². The number of hydrogen-bond donors (Lipinski definition) is 2. The number of carbonyl (C=O) groups is 1. The summed E-state index contributed by atoms with van der Waals surface area (Å²) in [6, 6.07) is 26.7. The molecule has 0 saturated carbocycles. The normalized spacial score (nSPS) is 12.0. The molecule has 0 saturated heterocycles. The van der Waals surface area contributed by atoms with Crippen molar-refractivity contribution in [1.29, 1.82) is 0 Å². The van der Waals surface area contributed by atoms with Crippen LogP contribution in [0.25, 0.3) is 11.0 Å². The van der Waals surface area contributed by atoms with Crippen LogP contribution in [0.1, 0.15) is 47.2 Å². The van der Waals surface area contributed by atoms with Crippen LogP contribution in [-0.4, -0.2) is 38.4 Å². The molecule has 44 heavy (non-hydrogen) atoms. The van der Waals surface area contributed by atoms with Crippen LogP contribution in [0.15, 0.2) is 95.9 Å². The highest BCUT2D eigenvalue weighted by Crippen LogP contribution is 2.32. The number of nitrogens with zero attached hydrogens (tertiary/aromatic N) is 2. The number of ketones is 1. The quantitative estimate of drug-likeness (QED) is 0.142. The molecule has 5 aromatic rings. The van der Waals surface area contributed by atoms with Gasteiger partial charge >= 0.3 is 0 Å². The van der Waals surface area contributed by atoms with Crippen LogP contribution in [0.4, 0.5) is 17.3 Å². The third kappa shape index (κ3) is 6.98. The van der Waals surface area contributed by atoms with Crippen molar-refractivity contribution in [1.82, 2.24) is 9.97 Å². The number of para-hydroxylation sites is 2. The molecular formula is C34H34N4O5S. The first-order chi connectivity index (χ1) is 21.2. The van der Waals surface area contributed by atoms with Crippen molar-refractivity contribution < 1.29 is 22.7 Å². The van der Waals surface area contributed by atoms with Crippen LogP contribution < -0.4 is 19.5 Å².